The molecule has 1 aromatic carbocycles. The third-order valence-corrected chi connectivity index (χ3v) is 1.98. The van der Waals surface area contributed by atoms with Gasteiger partial charge in [-0.25, -0.2) is 13.8 Å². The second kappa shape index (κ2) is 4.40. The summed E-state index contributed by atoms with van der Waals surface area (Å²) in [6, 6.07) is 3.44. The Hall–Kier alpha value is -1.75. The second-order valence-electron chi connectivity index (χ2n) is 2.98. The number of nitrogens with one attached hydrogen (secondary N) is 1. The summed E-state index contributed by atoms with van der Waals surface area (Å²) in [5.41, 5.74) is 0.371. The monoisotopic (exact) mass is 241 g/mol. The van der Waals surface area contributed by atoms with Crippen LogP contribution in [0.2, 0.25) is 5.15 Å². The SMILES string of the molecule is Fc1ccc(Nc2cncc(Cl)n2)cc1F. The van der Waals surface area contributed by atoms with Crippen LogP contribution in [0.1, 0.15) is 0 Å². The highest BCUT2D eigenvalue weighted by Crippen LogP contribution is 2.17. The van der Waals surface area contributed by atoms with Gasteiger partial charge in [0.05, 0.1) is 12.4 Å². The summed E-state index contributed by atoms with van der Waals surface area (Å²) in [5, 5.41) is 2.96. The van der Waals surface area contributed by atoms with Crippen LogP contribution in [0.15, 0.2) is 30.6 Å². The minimum absolute atomic E-state index is 0.215. The lowest BCUT2D eigenvalue weighted by Crippen LogP contribution is -1.96. The Bertz CT molecular complexity index is 519. The van der Waals surface area contributed by atoms with Crippen LogP contribution in [-0.4, -0.2) is 9.97 Å². The summed E-state index contributed by atoms with van der Waals surface area (Å²) in [6.07, 6.45) is 2.80. The van der Waals surface area contributed by atoms with Crippen LogP contribution in [0.5, 0.6) is 0 Å². The maximum absolute atomic E-state index is 12.9. The van der Waals surface area contributed by atoms with Gasteiger partial charge in [-0.3, -0.25) is 4.98 Å². The highest BCUT2D eigenvalue weighted by molar-refractivity contribution is 6.29. The predicted octanol–water partition coefficient (Wildman–Crippen LogP) is 3.15. The van der Waals surface area contributed by atoms with Gasteiger partial charge in [0.1, 0.15) is 5.15 Å². The minimum Gasteiger partial charge on any atom is -0.339 e. The molecule has 0 fully saturated rings. The highest BCUT2D eigenvalue weighted by atomic mass is 35.5. The molecule has 0 aliphatic heterocycles. The largest absolute Gasteiger partial charge is 0.339 e. The highest BCUT2D eigenvalue weighted by Gasteiger charge is 2.03. The fourth-order valence-corrected chi connectivity index (χ4v) is 1.27. The van der Waals surface area contributed by atoms with Gasteiger partial charge in [0, 0.05) is 11.8 Å². The topological polar surface area (TPSA) is 37.8 Å². The first kappa shape index (κ1) is 10.8. The molecule has 2 rings (SSSR count). The molecular weight excluding hydrogens is 236 g/mol. The summed E-state index contributed by atoms with van der Waals surface area (Å²) in [4.78, 5) is 7.69. The number of aromatic nitrogens is 2. The summed E-state index contributed by atoms with van der Waals surface area (Å²) in [7, 11) is 0. The van der Waals surface area contributed by atoms with Gasteiger partial charge in [-0.05, 0) is 12.1 Å². The van der Waals surface area contributed by atoms with Crippen molar-refractivity contribution in [3.8, 4) is 0 Å². The average molecular weight is 242 g/mol. The number of benzene rings is 1. The van der Waals surface area contributed by atoms with Gasteiger partial charge >= 0.3 is 0 Å². The van der Waals surface area contributed by atoms with Crippen molar-refractivity contribution in [1.82, 2.24) is 9.97 Å². The van der Waals surface area contributed by atoms with E-state index in [1.165, 1.54) is 18.5 Å². The molecule has 0 saturated heterocycles. The fourth-order valence-electron chi connectivity index (χ4n) is 1.12. The minimum atomic E-state index is -0.931. The van der Waals surface area contributed by atoms with E-state index < -0.39 is 11.6 Å². The molecule has 0 amide bonds. The molecule has 1 heterocycles. The van der Waals surface area contributed by atoms with Gasteiger partial charge < -0.3 is 5.32 Å². The molecule has 0 radical (unpaired) electrons. The molecule has 0 atom stereocenters. The molecule has 6 heteroatoms. The van der Waals surface area contributed by atoms with Crippen molar-refractivity contribution in [2.45, 2.75) is 0 Å². The van der Waals surface area contributed by atoms with Crippen LogP contribution < -0.4 is 5.32 Å². The van der Waals surface area contributed by atoms with E-state index in [4.69, 9.17) is 11.6 Å². The molecule has 0 unspecified atom stereocenters. The van der Waals surface area contributed by atoms with Crippen LogP contribution in [-0.2, 0) is 0 Å². The third-order valence-electron chi connectivity index (χ3n) is 1.80. The molecule has 2 aromatic rings. The molecule has 16 heavy (non-hydrogen) atoms. The first-order valence-corrected chi connectivity index (χ1v) is 4.72. The zero-order valence-electron chi connectivity index (χ0n) is 7.92. The molecular formula is C10H6ClF2N3. The number of nitrogens with zero attached hydrogens (tertiary/aromatic N) is 2. The number of hydrogen-bond donors (Lipinski definition) is 1. The van der Waals surface area contributed by atoms with Crippen molar-refractivity contribution in [3.63, 3.8) is 0 Å². The molecule has 0 bridgehead atoms. The number of rotatable bonds is 2. The van der Waals surface area contributed by atoms with E-state index in [0.717, 1.165) is 12.1 Å². The van der Waals surface area contributed by atoms with Gasteiger partial charge in [-0.15, -0.1) is 0 Å². The quantitative estimate of drug-likeness (QED) is 0.878. The molecule has 1 N–H and O–H groups in total. The molecule has 0 aliphatic rings. The number of halogens is 3. The molecule has 0 spiro atoms. The lowest BCUT2D eigenvalue weighted by Gasteiger charge is -2.05. The Kier molecular flexibility index (Phi) is 2.96. The lowest BCUT2D eigenvalue weighted by molar-refractivity contribution is 0.509. The smallest absolute Gasteiger partial charge is 0.160 e. The molecule has 0 saturated carbocycles. The molecule has 1 aromatic heterocycles. The van der Waals surface area contributed by atoms with Crippen LogP contribution in [0.3, 0.4) is 0 Å². The van der Waals surface area contributed by atoms with Crippen molar-refractivity contribution in [1.29, 1.82) is 0 Å². The summed E-state index contributed by atoms with van der Waals surface area (Å²) >= 11 is 5.62. The van der Waals surface area contributed by atoms with E-state index in [1.807, 2.05) is 0 Å². The summed E-state index contributed by atoms with van der Waals surface area (Å²) < 4.78 is 25.5. The van der Waals surface area contributed by atoms with E-state index in [0.29, 0.717) is 11.5 Å². The van der Waals surface area contributed by atoms with Gasteiger partial charge in [-0.1, -0.05) is 11.6 Å². The Morgan fingerprint density at radius 3 is 2.62 bits per heavy atom. The van der Waals surface area contributed by atoms with E-state index in [1.54, 1.807) is 0 Å². The van der Waals surface area contributed by atoms with Gasteiger partial charge in [-0.2, -0.15) is 0 Å². The Morgan fingerprint density at radius 1 is 1.12 bits per heavy atom. The Morgan fingerprint density at radius 2 is 1.94 bits per heavy atom. The Balaban J connectivity index is 2.24. The van der Waals surface area contributed by atoms with Crippen molar-refractivity contribution in [3.05, 3.63) is 47.4 Å². The fraction of sp³-hybridized carbons (Fsp3) is 0. The first-order valence-electron chi connectivity index (χ1n) is 4.35. The van der Waals surface area contributed by atoms with Gasteiger partial charge in [0.2, 0.25) is 0 Å². The first-order chi connectivity index (χ1) is 7.65. The summed E-state index contributed by atoms with van der Waals surface area (Å²) in [5.74, 6) is -1.47. The predicted molar refractivity (Wildman–Crippen MR) is 56.7 cm³/mol. The van der Waals surface area contributed by atoms with Crippen molar-refractivity contribution < 1.29 is 8.78 Å². The van der Waals surface area contributed by atoms with Crippen LogP contribution in [0.4, 0.5) is 20.3 Å². The van der Waals surface area contributed by atoms with Gasteiger partial charge in [0.25, 0.3) is 0 Å². The second-order valence-corrected chi connectivity index (χ2v) is 3.37. The van der Waals surface area contributed by atoms with E-state index in [2.05, 4.69) is 15.3 Å². The van der Waals surface area contributed by atoms with Crippen molar-refractivity contribution in [2.24, 2.45) is 0 Å². The average Bonchev–Trinajstić information content (AvgIpc) is 2.24. The maximum atomic E-state index is 12.9. The van der Waals surface area contributed by atoms with E-state index in [-0.39, 0.29) is 5.15 Å². The summed E-state index contributed by atoms with van der Waals surface area (Å²) in [6.45, 7) is 0. The van der Waals surface area contributed by atoms with E-state index >= 15 is 0 Å². The van der Waals surface area contributed by atoms with Crippen LogP contribution in [0.25, 0.3) is 0 Å². The normalized spacial score (nSPS) is 10.2. The Labute approximate surface area is 95.1 Å². The van der Waals surface area contributed by atoms with Gasteiger partial charge in [0.15, 0.2) is 17.5 Å². The van der Waals surface area contributed by atoms with Crippen molar-refractivity contribution in [2.75, 3.05) is 5.32 Å². The zero-order valence-corrected chi connectivity index (χ0v) is 8.67. The van der Waals surface area contributed by atoms with Crippen molar-refractivity contribution >= 4 is 23.1 Å². The standard InChI is InChI=1S/C10H6ClF2N3/c11-9-4-14-5-10(16-9)15-6-1-2-7(12)8(13)3-6/h1-5H,(H,15,16). The zero-order chi connectivity index (χ0) is 11.5. The molecule has 0 aliphatic carbocycles. The third kappa shape index (κ3) is 2.43. The number of hydrogen-bond acceptors (Lipinski definition) is 3. The van der Waals surface area contributed by atoms with Crippen LogP contribution >= 0.6 is 11.6 Å². The van der Waals surface area contributed by atoms with E-state index in [9.17, 15) is 8.78 Å². The van der Waals surface area contributed by atoms with Crippen LogP contribution in [0, 0.1) is 11.6 Å². The molecule has 3 nitrogen and oxygen atoms in total. The number of anilines is 2. The lowest BCUT2D eigenvalue weighted by atomic mass is 10.3. The maximum Gasteiger partial charge on any atom is 0.160 e. The molecule has 82 valence electrons.